The average molecular weight is 262 g/mol. The molecule has 4 heteroatoms. The first-order valence-corrected chi connectivity index (χ1v) is 6.92. The summed E-state index contributed by atoms with van der Waals surface area (Å²) in [5.41, 5.74) is 4.13. The molecule has 1 unspecified atom stereocenters. The number of aromatic nitrogens is 1. The van der Waals surface area contributed by atoms with Gasteiger partial charge in [0.2, 0.25) is 0 Å². The van der Waals surface area contributed by atoms with Crippen LogP contribution >= 0.6 is 11.3 Å². The molecule has 0 spiro atoms. The van der Waals surface area contributed by atoms with E-state index in [4.69, 9.17) is 4.74 Å². The van der Waals surface area contributed by atoms with E-state index in [0.29, 0.717) is 0 Å². The minimum atomic E-state index is 0.152. The number of para-hydroxylation sites is 1. The second-order valence-corrected chi connectivity index (χ2v) is 4.92. The van der Waals surface area contributed by atoms with Crippen LogP contribution in [0.25, 0.3) is 0 Å². The van der Waals surface area contributed by atoms with Crippen molar-refractivity contribution >= 4 is 11.3 Å². The van der Waals surface area contributed by atoms with Crippen LogP contribution in [0.1, 0.15) is 29.1 Å². The van der Waals surface area contributed by atoms with E-state index >= 15 is 0 Å². The van der Waals surface area contributed by atoms with Gasteiger partial charge in [-0.2, -0.15) is 0 Å². The Kier molecular flexibility index (Phi) is 4.33. The van der Waals surface area contributed by atoms with Gasteiger partial charge in [0.1, 0.15) is 5.75 Å². The van der Waals surface area contributed by atoms with E-state index in [2.05, 4.69) is 23.3 Å². The molecule has 0 aliphatic carbocycles. The second kappa shape index (κ2) is 5.98. The van der Waals surface area contributed by atoms with Crippen molar-refractivity contribution < 1.29 is 4.74 Å². The SMILES string of the molecule is CCNC(c1ccccc1OC)c1scnc1C. The normalized spacial score (nSPS) is 12.4. The van der Waals surface area contributed by atoms with Crippen LogP contribution in [0.3, 0.4) is 0 Å². The Morgan fingerprint density at radius 1 is 1.39 bits per heavy atom. The molecule has 18 heavy (non-hydrogen) atoms. The summed E-state index contributed by atoms with van der Waals surface area (Å²) < 4.78 is 5.45. The van der Waals surface area contributed by atoms with E-state index in [-0.39, 0.29) is 6.04 Å². The molecular formula is C14H18N2OS. The Balaban J connectivity index is 2.45. The van der Waals surface area contributed by atoms with Crippen molar-refractivity contribution in [2.24, 2.45) is 0 Å². The Hall–Kier alpha value is -1.39. The van der Waals surface area contributed by atoms with Crippen LogP contribution in [0.5, 0.6) is 5.75 Å². The largest absolute Gasteiger partial charge is 0.496 e. The van der Waals surface area contributed by atoms with Gasteiger partial charge in [-0.3, -0.25) is 0 Å². The lowest BCUT2D eigenvalue weighted by Gasteiger charge is -2.20. The summed E-state index contributed by atoms with van der Waals surface area (Å²) in [4.78, 5) is 5.59. The van der Waals surface area contributed by atoms with Crippen LogP contribution < -0.4 is 10.1 Å². The molecule has 0 radical (unpaired) electrons. The van der Waals surface area contributed by atoms with Gasteiger partial charge >= 0.3 is 0 Å². The molecule has 96 valence electrons. The van der Waals surface area contributed by atoms with Crippen molar-refractivity contribution in [3.05, 3.63) is 45.9 Å². The summed E-state index contributed by atoms with van der Waals surface area (Å²) in [5.74, 6) is 0.913. The topological polar surface area (TPSA) is 34.1 Å². The number of ether oxygens (including phenoxy) is 1. The van der Waals surface area contributed by atoms with Crippen molar-refractivity contribution in [3.63, 3.8) is 0 Å². The third-order valence-corrected chi connectivity index (χ3v) is 3.90. The number of hydrogen-bond acceptors (Lipinski definition) is 4. The molecule has 2 rings (SSSR count). The zero-order valence-electron chi connectivity index (χ0n) is 10.9. The number of thiazole rings is 1. The molecule has 1 N–H and O–H groups in total. The van der Waals surface area contributed by atoms with E-state index in [1.54, 1.807) is 18.4 Å². The van der Waals surface area contributed by atoms with E-state index < -0.39 is 0 Å². The predicted octanol–water partition coefficient (Wildman–Crippen LogP) is 3.16. The molecule has 1 heterocycles. The highest BCUT2D eigenvalue weighted by Crippen LogP contribution is 2.33. The lowest BCUT2D eigenvalue weighted by atomic mass is 10.0. The van der Waals surface area contributed by atoms with Crippen molar-refractivity contribution in [2.45, 2.75) is 19.9 Å². The van der Waals surface area contributed by atoms with E-state index in [9.17, 15) is 0 Å². The molecule has 0 aliphatic heterocycles. The van der Waals surface area contributed by atoms with Gasteiger partial charge in [0, 0.05) is 10.4 Å². The Labute approximate surface area is 112 Å². The smallest absolute Gasteiger partial charge is 0.124 e. The second-order valence-electron chi connectivity index (χ2n) is 4.03. The summed E-state index contributed by atoms with van der Waals surface area (Å²) in [6.45, 7) is 5.06. The van der Waals surface area contributed by atoms with Crippen molar-refractivity contribution in [2.75, 3.05) is 13.7 Å². The van der Waals surface area contributed by atoms with Crippen molar-refractivity contribution in [1.82, 2.24) is 10.3 Å². The fourth-order valence-corrected chi connectivity index (χ4v) is 2.93. The van der Waals surface area contributed by atoms with E-state index in [1.807, 2.05) is 30.6 Å². The number of methoxy groups -OCH3 is 1. The fraction of sp³-hybridized carbons (Fsp3) is 0.357. The minimum absolute atomic E-state index is 0.152. The van der Waals surface area contributed by atoms with E-state index in [0.717, 1.165) is 23.6 Å². The summed E-state index contributed by atoms with van der Waals surface area (Å²) in [6.07, 6.45) is 0. The molecule has 1 atom stereocenters. The van der Waals surface area contributed by atoms with Gasteiger partial charge in [-0.1, -0.05) is 25.1 Å². The number of hydrogen-bond donors (Lipinski definition) is 1. The number of benzene rings is 1. The van der Waals surface area contributed by atoms with Gasteiger partial charge in [-0.05, 0) is 19.5 Å². The zero-order valence-corrected chi connectivity index (χ0v) is 11.8. The molecule has 0 aliphatic rings. The molecule has 0 fully saturated rings. The van der Waals surface area contributed by atoms with Crippen LogP contribution in [-0.4, -0.2) is 18.6 Å². The third kappa shape index (κ3) is 2.54. The van der Waals surface area contributed by atoms with Crippen molar-refractivity contribution in [1.29, 1.82) is 0 Å². The minimum Gasteiger partial charge on any atom is -0.496 e. The van der Waals surface area contributed by atoms with Gasteiger partial charge in [-0.15, -0.1) is 11.3 Å². The Morgan fingerprint density at radius 2 is 2.17 bits per heavy atom. The summed E-state index contributed by atoms with van der Waals surface area (Å²) >= 11 is 1.68. The molecule has 0 amide bonds. The highest BCUT2D eigenvalue weighted by Gasteiger charge is 2.20. The van der Waals surface area contributed by atoms with Gasteiger partial charge in [0.15, 0.2) is 0 Å². The fourth-order valence-electron chi connectivity index (χ4n) is 2.04. The van der Waals surface area contributed by atoms with Crippen LogP contribution in [0.2, 0.25) is 0 Å². The maximum Gasteiger partial charge on any atom is 0.124 e. The number of aryl methyl sites for hydroxylation is 1. The molecule has 1 aromatic carbocycles. The molecular weight excluding hydrogens is 244 g/mol. The monoisotopic (exact) mass is 262 g/mol. The van der Waals surface area contributed by atoms with Gasteiger partial charge in [0.05, 0.1) is 24.4 Å². The molecule has 2 aromatic rings. The lowest BCUT2D eigenvalue weighted by Crippen LogP contribution is -2.22. The van der Waals surface area contributed by atoms with Crippen LogP contribution in [0.15, 0.2) is 29.8 Å². The van der Waals surface area contributed by atoms with Gasteiger partial charge in [0.25, 0.3) is 0 Å². The number of nitrogens with zero attached hydrogens (tertiary/aromatic N) is 1. The standard InChI is InChI=1S/C14H18N2OS/c1-4-15-13(14-10(2)16-9-18-14)11-7-5-6-8-12(11)17-3/h5-9,13,15H,4H2,1-3H3. The third-order valence-electron chi connectivity index (χ3n) is 2.90. The van der Waals surface area contributed by atoms with Crippen LogP contribution in [0, 0.1) is 6.92 Å². The van der Waals surface area contributed by atoms with Gasteiger partial charge < -0.3 is 10.1 Å². The van der Waals surface area contributed by atoms with Crippen molar-refractivity contribution in [3.8, 4) is 5.75 Å². The van der Waals surface area contributed by atoms with E-state index in [1.165, 1.54) is 4.88 Å². The molecule has 0 saturated carbocycles. The summed E-state index contributed by atoms with van der Waals surface area (Å²) in [6, 6.07) is 8.28. The van der Waals surface area contributed by atoms with Crippen LogP contribution in [0.4, 0.5) is 0 Å². The lowest BCUT2D eigenvalue weighted by molar-refractivity contribution is 0.404. The Morgan fingerprint density at radius 3 is 2.78 bits per heavy atom. The molecule has 1 aromatic heterocycles. The first kappa shape index (κ1) is 13.1. The maximum absolute atomic E-state index is 5.45. The predicted molar refractivity (Wildman–Crippen MR) is 75.4 cm³/mol. The number of nitrogens with one attached hydrogen (secondary N) is 1. The van der Waals surface area contributed by atoms with Gasteiger partial charge in [-0.25, -0.2) is 4.98 Å². The highest BCUT2D eigenvalue weighted by molar-refractivity contribution is 7.09. The van der Waals surface area contributed by atoms with Crippen LogP contribution in [-0.2, 0) is 0 Å². The summed E-state index contributed by atoms with van der Waals surface area (Å²) in [7, 11) is 1.71. The quantitative estimate of drug-likeness (QED) is 0.898. The molecule has 3 nitrogen and oxygen atoms in total. The number of rotatable bonds is 5. The highest BCUT2D eigenvalue weighted by atomic mass is 32.1. The molecule has 0 saturated heterocycles. The Bertz CT molecular complexity index is 510. The first-order valence-electron chi connectivity index (χ1n) is 6.04. The summed E-state index contributed by atoms with van der Waals surface area (Å²) in [5, 5.41) is 3.51. The maximum atomic E-state index is 5.45. The zero-order chi connectivity index (χ0) is 13.0. The first-order chi connectivity index (χ1) is 8.77. The molecule has 0 bridgehead atoms. The average Bonchev–Trinajstić information content (AvgIpc) is 2.82.